The van der Waals surface area contributed by atoms with Gasteiger partial charge in [-0.2, -0.15) is 5.26 Å². The highest BCUT2D eigenvalue weighted by molar-refractivity contribution is 6.31. The second-order valence-corrected chi connectivity index (χ2v) is 6.11. The lowest BCUT2D eigenvalue weighted by molar-refractivity contribution is 0.102. The Morgan fingerprint density at radius 2 is 1.92 bits per heavy atom. The van der Waals surface area contributed by atoms with Crippen molar-refractivity contribution in [1.82, 2.24) is 4.98 Å². The van der Waals surface area contributed by atoms with Gasteiger partial charge in [0, 0.05) is 22.6 Å². The van der Waals surface area contributed by atoms with Crippen LogP contribution in [0, 0.1) is 18.3 Å². The number of carbonyl (C=O) groups excluding carboxylic acids is 1. The van der Waals surface area contributed by atoms with Gasteiger partial charge in [0.1, 0.15) is 0 Å². The third kappa shape index (κ3) is 4.18. The molecule has 0 atom stereocenters. The van der Waals surface area contributed by atoms with Crippen molar-refractivity contribution in [2.24, 2.45) is 0 Å². The highest BCUT2D eigenvalue weighted by Gasteiger charge is 2.09. The molecule has 2 N–H and O–H groups in total. The van der Waals surface area contributed by atoms with Gasteiger partial charge in [-0.15, -0.1) is 0 Å². The Kier molecular flexibility index (Phi) is 5.16. The van der Waals surface area contributed by atoms with Gasteiger partial charge in [0.25, 0.3) is 5.91 Å². The molecule has 0 aliphatic heterocycles. The molecule has 6 heteroatoms. The number of anilines is 3. The number of nitriles is 1. The van der Waals surface area contributed by atoms with E-state index in [-0.39, 0.29) is 5.91 Å². The smallest absolute Gasteiger partial charge is 0.257 e. The molecule has 0 fully saturated rings. The van der Waals surface area contributed by atoms with E-state index in [1.54, 1.807) is 36.5 Å². The molecule has 0 spiro atoms. The lowest BCUT2D eigenvalue weighted by Gasteiger charge is -2.10. The number of aryl methyl sites for hydroxylation is 1. The zero-order valence-electron chi connectivity index (χ0n) is 14.0. The van der Waals surface area contributed by atoms with Crippen LogP contribution in [-0.2, 0) is 0 Å². The summed E-state index contributed by atoms with van der Waals surface area (Å²) >= 11 is 6.13. The molecule has 1 heterocycles. The summed E-state index contributed by atoms with van der Waals surface area (Å²) in [4.78, 5) is 16.5. The summed E-state index contributed by atoms with van der Waals surface area (Å²) in [5.41, 5.74) is 3.90. The van der Waals surface area contributed by atoms with E-state index in [1.807, 2.05) is 31.2 Å². The Morgan fingerprint density at radius 3 is 2.69 bits per heavy atom. The molecule has 2 aromatic carbocycles. The average molecular weight is 363 g/mol. The number of pyridine rings is 1. The lowest BCUT2D eigenvalue weighted by Crippen LogP contribution is -2.12. The Labute approximate surface area is 156 Å². The average Bonchev–Trinajstić information content (AvgIpc) is 2.65. The van der Waals surface area contributed by atoms with Gasteiger partial charge in [-0.1, -0.05) is 23.7 Å². The third-order valence-corrected chi connectivity index (χ3v) is 4.12. The molecule has 0 saturated carbocycles. The molecule has 0 aliphatic carbocycles. The van der Waals surface area contributed by atoms with Crippen molar-refractivity contribution < 1.29 is 4.79 Å². The Morgan fingerprint density at radius 1 is 1.08 bits per heavy atom. The molecular weight excluding hydrogens is 348 g/mol. The molecular formula is C20H15ClN4O. The molecule has 1 aromatic heterocycles. The number of hydrogen-bond acceptors (Lipinski definition) is 4. The molecule has 0 saturated heterocycles. The maximum Gasteiger partial charge on any atom is 0.257 e. The maximum absolute atomic E-state index is 12.4. The van der Waals surface area contributed by atoms with E-state index in [0.29, 0.717) is 27.5 Å². The van der Waals surface area contributed by atoms with E-state index < -0.39 is 0 Å². The second kappa shape index (κ2) is 7.68. The first-order valence-electron chi connectivity index (χ1n) is 7.85. The van der Waals surface area contributed by atoms with Gasteiger partial charge in [-0.25, -0.2) is 0 Å². The van der Waals surface area contributed by atoms with Crippen molar-refractivity contribution >= 4 is 34.6 Å². The van der Waals surface area contributed by atoms with Crippen LogP contribution in [0.25, 0.3) is 0 Å². The van der Waals surface area contributed by atoms with Crippen molar-refractivity contribution in [2.45, 2.75) is 6.92 Å². The van der Waals surface area contributed by atoms with Crippen molar-refractivity contribution in [2.75, 3.05) is 10.6 Å². The van der Waals surface area contributed by atoms with Crippen LogP contribution in [0.5, 0.6) is 0 Å². The van der Waals surface area contributed by atoms with Crippen molar-refractivity contribution in [1.29, 1.82) is 5.26 Å². The van der Waals surface area contributed by atoms with Crippen LogP contribution >= 0.6 is 11.6 Å². The van der Waals surface area contributed by atoms with Gasteiger partial charge >= 0.3 is 0 Å². The Balaban J connectivity index is 1.76. The summed E-state index contributed by atoms with van der Waals surface area (Å²) in [5, 5.41) is 15.5. The molecule has 26 heavy (non-hydrogen) atoms. The fourth-order valence-corrected chi connectivity index (χ4v) is 2.52. The summed E-state index contributed by atoms with van der Waals surface area (Å²) in [5.74, 6) is -0.307. The number of amides is 1. The van der Waals surface area contributed by atoms with Crippen LogP contribution < -0.4 is 10.6 Å². The Bertz CT molecular complexity index is 1010. The molecule has 0 radical (unpaired) electrons. The molecule has 3 aromatic rings. The quantitative estimate of drug-likeness (QED) is 0.691. The van der Waals surface area contributed by atoms with Crippen LogP contribution in [0.1, 0.15) is 21.5 Å². The molecule has 128 valence electrons. The predicted octanol–water partition coefficient (Wildman–Crippen LogP) is 4.91. The zero-order valence-corrected chi connectivity index (χ0v) is 14.7. The number of nitrogens with zero attached hydrogens (tertiary/aromatic N) is 2. The SMILES string of the molecule is Cc1ccc(Nc2cncc(C(=O)Nc3cccc(C#N)c3)c2)cc1Cl. The fraction of sp³-hybridized carbons (Fsp3) is 0.0500. The molecule has 0 bridgehead atoms. The number of carbonyl (C=O) groups is 1. The fourth-order valence-electron chi connectivity index (χ4n) is 2.34. The van der Waals surface area contributed by atoms with Gasteiger partial charge in [0.15, 0.2) is 0 Å². The van der Waals surface area contributed by atoms with Crippen molar-refractivity contribution in [3.8, 4) is 6.07 Å². The third-order valence-electron chi connectivity index (χ3n) is 3.71. The number of benzene rings is 2. The molecule has 1 amide bonds. The minimum atomic E-state index is -0.307. The summed E-state index contributed by atoms with van der Waals surface area (Å²) in [6.45, 7) is 1.93. The van der Waals surface area contributed by atoms with Crippen molar-refractivity contribution in [3.05, 3.63) is 82.6 Å². The minimum absolute atomic E-state index is 0.307. The van der Waals surface area contributed by atoms with Crippen LogP contribution in [0.3, 0.4) is 0 Å². The molecule has 0 unspecified atom stereocenters. The first kappa shape index (κ1) is 17.5. The van der Waals surface area contributed by atoms with Crippen LogP contribution in [0.4, 0.5) is 17.1 Å². The number of nitrogens with one attached hydrogen (secondary N) is 2. The number of rotatable bonds is 4. The minimum Gasteiger partial charge on any atom is -0.354 e. The van der Waals surface area contributed by atoms with Crippen LogP contribution in [0.15, 0.2) is 60.9 Å². The Hall–Kier alpha value is -3.36. The first-order valence-corrected chi connectivity index (χ1v) is 8.23. The van der Waals surface area contributed by atoms with Gasteiger partial charge in [0.2, 0.25) is 0 Å². The van der Waals surface area contributed by atoms with Crippen LogP contribution in [0.2, 0.25) is 5.02 Å². The molecule has 5 nitrogen and oxygen atoms in total. The largest absolute Gasteiger partial charge is 0.354 e. The van der Waals surface area contributed by atoms with E-state index >= 15 is 0 Å². The zero-order chi connectivity index (χ0) is 18.5. The van der Waals surface area contributed by atoms with Gasteiger partial charge in [-0.05, 0) is 48.9 Å². The maximum atomic E-state index is 12.4. The summed E-state index contributed by atoms with van der Waals surface area (Å²) in [7, 11) is 0. The lowest BCUT2D eigenvalue weighted by atomic mass is 10.2. The van der Waals surface area contributed by atoms with E-state index in [0.717, 1.165) is 11.3 Å². The summed E-state index contributed by atoms with van der Waals surface area (Å²) < 4.78 is 0. The van der Waals surface area contributed by atoms with Gasteiger partial charge < -0.3 is 10.6 Å². The molecule has 0 aliphatic rings. The highest BCUT2D eigenvalue weighted by atomic mass is 35.5. The number of halogens is 1. The first-order chi connectivity index (χ1) is 12.5. The highest BCUT2D eigenvalue weighted by Crippen LogP contribution is 2.23. The van der Waals surface area contributed by atoms with E-state index in [1.165, 1.54) is 6.20 Å². The summed E-state index contributed by atoms with van der Waals surface area (Å²) in [6, 6.07) is 16.1. The second-order valence-electron chi connectivity index (χ2n) is 5.70. The topological polar surface area (TPSA) is 77.8 Å². The van der Waals surface area contributed by atoms with Gasteiger partial charge in [-0.3, -0.25) is 9.78 Å². The van der Waals surface area contributed by atoms with E-state index in [4.69, 9.17) is 16.9 Å². The van der Waals surface area contributed by atoms with Crippen LogP contribution in [-0.4, -0.2) is 10.9 Å². The number of hydrogen-bond donors (Lipinski definition) is 2. The predicted molar refractivity (Wildman–Crippen MR) is 103 cm³/mol. The monoisotopic (exact) mass is 362 g/mol. The summed E-state index contributed by atoms with van der Waals surface area (Å²) in [6.07, 6.45) is 3.11. The van der Waals surface area contributed by atoms with Gasteiger partial charge in [0.05, 0.1) is 29.1 Å². The standard InChI is InChI=1S/C20H15ClN4O/c1-13-5-6-17(9-19(13)21)24-18-8-15(11-23-12-18)20(26)25-16-4-2-3-14(7-16)10-22/h2-9,11-12,24H,1H3,(H,25,26). The van der Waals surface area contributed by atoms with Crippen molar-refractivity contribution in [3.63, 3.8) is 0 Å². The van der Waals surface area contributed by atoms with E-state index in [2.05, 4.69) is 15.6 Å². The normalized spacial score (nSPS) is 10.0. The molecule has 3 rings (SSSR count). The number of aromatic nitrogens is 1. The van der Waals surface area contributed by atoms with E-state index in [9.17, 15) is 4.79 Å².